The molecule has 4 nitrogen and oxygen atoms in total. The van der Waals surface area contributed by atoms with Gasteiger partial charge >= 0.3 is 0 Å². The van der Waals surface area contributed by atoms with Crippen molar-refractivity contribution < 1.29 is 13.2 Å². The second-order valence-corrected chi connectivity index (χ2v) is 6.80. The molecule has 1 aliphatic rings. The average molecular weight is 247 g/mol. The van der Waals surface area contributed by atoms with Crippen molar-refractivity contribution in [3.05, 3.63) is 0 Å². The maximum Gasteiger partial charge on any atom is 0.226 e. The summed E-state index contributed by atoms with van der Waals surface area (Å²) < 4.78 is 22.9. The van der Waals surface area contributed by atoms with E-state index in [1.54, 1.807) is 11.9 Å². The molecule has 1 atom stereocenters. The predicted molar refractivity (Wildman–Crippen MR) is 63.9 cm³/mol. The largest absolute Gasteiger partial charge is 0.345 e. The zero-order valence-corrected chi connectivity index (χ0v) is 10.9. The molecule has 0 aromatic carbocycles. The Morgan fingerprint density at radius 2 is 2.12 bits per heavy atom. The van der Waals surface area contributed by atoms with Crippen molar-refractivity contribution in [3.8, 4) is 0 Å². The van der Waals surface area contributed by atoms with Gasteiger partial charge < -0.3 is 4.90 Å². The number of amides is 1. The van der Waals surface area contributed by atoms with Crippen molar-refractivity contribution in [2.75, 3.05) is 25.1 Å². The van der Waals surface area contributed by atoms with E-state index in [-0.39, 0.29) is 23.3 Å². The fourth-order valence-electron chi connectivity index (χ4n) is 2.03. The van der Waals surface area contributed by atoms with Crippen molar-refractivity contribution in [3.63, 3.8) is 0 Å². The Morgan fingerprint density at radius 3 is 2.69 bits per heavy atom. The number of carbonyl (C=O) groups is 1. The summed E-state index contributed by atoms with van der Waals surface area (Å²) in [6.07, 6.45) is 3.36. The Balaban J connectivity index is 2.53. The molecule has 1 rings (SSSR count). The number of unbranched alkanes of at least 4 members (excludes halogenated alkanes) is 1. The van der Waals surface area contributed by atoms with Gasteiger partial charge in [0, 0.05) is 13.6 Å². The molecule has 1 unspecified atom stereocenters. The molecule has 0 aromatic rings. The van der Waals surface area contributed by atoms with E-state index in [0.717, 1.165) is 19.4 Å². The van der Waals surface area contributed by atoms with Crippen LogP contribution in [0.1, 0.15) is 32.6 Å². The number of hydrogen-bond acceptors (Lipinski definition) is 3. The van der Waals surface area contributed by atoms with E-state index in [0.29, 0.717) is 12.8 Å². The van der Waals surface area contributed by atoms with Crippen LogP contribution < -0.4 is 0 Å². The summed E-state index contributed by atoms with van der Waals surface area (Å²) in [5, 5.41) is 0. The summed E-state index contributed by atoms with van der Waals surface area (Å²) in [4.78, 5) is 13.6. The third-order valence-corrected chi connectivity index (χ3v) is 4.86. The quantitative estimate of drug-likeness (QED) is 0.746. The lowest BCUT2D eigenvalue weighted by Gasteiger charge is -2.26. The van der Waals surface area contributed by atoms with E-state index < -0.39 is 9.84 Å². The summed E-state index contributed by atoms with van der Waals surface area (Å²) >= 11 is 0. The topological polar surface area (TPSA) is 54.5 Å². The maximum absolute atomic E-state index is 12.0. The van der Waals surface area contributed by atoms with Crippen molar-refractivity contribution in [2.24, 2.45) is 5.92 Å². The Labute approximate surface area is 97.9 Å². The third-order valence-electron chi connectivity index (χ3n) is 3.04. The lowest BCUT2D eigenvalue weighted by Crippen LogP contribution is -2.39. The van der Waals surface area contributed by atoms with Gasteiger partial charge in [-0.15, -0.1) is 0 Å². The minimum atomic E-state index is -2.98. The minimum Gasteiger partial charge on any atom is -0.345 e. The first-order valence-electron chi connectivity index (χ1n) is 5.91. The highest BCUT2D eigenvalue weighted by Crippen LogP contribution is 2.20. The fraction of sp³-hybridized carbons (Fsp3) is 0.909. The van der Waals surface area contributed by atoms with Gasteiger partial charge in [-0.1, -0.05) is 13.3 Å². The highest BCUT2D eigenvalue weighted by atomic mass is 32.2. The van der Waals surface area contributed by atoms with Gasteiger partial charge in [0.05, 0.1) is 17.4 Å². The fourth-order valence-corrected chi connectivity index (χ4v) is 3.73. The zero-order valence-electron chi connectivity index (χ0n) is 10.1. The molecule has 0 N–H and O–H groups in total. The Kier molecular flexibility index (Phi) is 4.77. The van der Waals surface area contributed by atoms with Crippen LogP contribution in [0.3, 0.4) is 0 Å². The second-order valence-electron chi connectivity index (χ2n) is 4.57. The molecule has 16 heavy (non-hydrogen) atoms. The van der Waals surface area contributed by atoms with E-state index in [1.807, 2.05) is 0 Å². The van der Waals surface area contributed by atoms with Crippen LogP contribution in [-0.2, 0) is 14.6 Å². The van der Waals surface area contributed by atoms with Crippen LogP contribution >= 0.6 is 0 Å². The van der Waals surface area contributed by atoms with Crippen molar-refractivity contribution in [2.45, 2.75) is 32.6 Å². The minimum absolute atomic E-state index is 0.00303. The average Bonchev–Trinajstić information content (AvgIpc) is 2.23. The smallest absolute Gasteiger partial charge is 0.226 e. The van der Waals surface area contributed by atoms with Crippen LogP contribution in [0.5, 0.6) is 0 Å². The molecule has 5 heteroatoms. The molecule has 0 saturated carbocycles. The highest BCUT2D eigenvalue weighted by Gasteiger charge is 2.31. The Bertz CT molecular complexity index is 337. The number of hydrogen-bond donors (Lipinski definition) is 0. The lowest BCUT2D eigenvalue weighted by molar-refractivity contribution is -0.133. The van der Waals surface area contributed by atoms with Crippen LogP contribution in [-0.4, -0.2) is 44.3 Å². The first-order chi connectivity index (χ1) is 7.46. The normalized spacial score (nSPS) is 24.0. The monoisotopic (exact) mass is 247 g/mol. The summed E-state index contributed by atoms with van der Waals surface area (Å²) in [6.45, 7) is 2.80. The molecule has 0 radical (unpaired) electrons. The van der Waals surface area contributed by atoms with Gasteiger partial charge in [0.1, 0.15) is 0 Å². The second kappa shape index (κ2) is 5.66. The standard InChI is InChI=1S/C11H21NO3S/c1-3-4-7-12(2)11(13)10-6-5-8-16(14,15)9-10/h10H,3-9H2,1-2H3. The molecule has 1 aliphatic heterocycles. The summed E-state index contributed by atoms with van der Waals surface area (Å²) in [7, 11) is -1.22. The maximum atomic E-state index is 12.0. The van der Waals surface area contributed by atoms with Crippen molar-refractivity contribution >= 4 is 15.7 Å². The Morgan fingerprint density at radius 1 is 1.44 bits per heavy atom. The van der Waals surface area contributed by atoms with Crippen LogP contribution in [0.4, 0.5) is 0 Å². The van der Waals surface area contributed by atoms with E-state index >= 15 is 0 Å². The summed E-state index contributed by atoms with van der Waals surface area (Å²) in [6, 6.07) is 0. The molecule has 0 aliphatic carbocycles. The predicted octanol–water partition coefficient (Wildman–Crippen LogP) is 1.07. The van der Waals surface area contributed by atoms with E-state index in [2.05, 4.69) is 6.92 Å². The molecule has 1 heterocycles. The van der Waals surface area contributed by atoms with E-state index in [4.69, 9.17) is 0 Å². The molecule has 1 saturated heterocycles. The number of nitrogens with zero attached hydrogens (tertiary/aromatic N) is 1. The molecule has 1 fully saturated rings. The summed E-state index contributed by atoms with van der Waals surface area (Å²) in [5.74, 6) is -0.0186. The van der Waals surface area contributed by atoms with Crippen LogP contribution in [0.15, 0.2) is 0 Å². The number of sulfone groups is 1. The van der Waals surface area contributed by atoms with Gasteiger partial charge in [-0.3, -0.25) is 4.79 Å². The first-order valence-corrected chi connectivity index (χ1v) is 7.74. The molecule has 0 spiro atoms. The van der Waals surface area contributed by atoms with Crippen LogP contribution in [0.2, 0.25) is 0 Å². The van der Waals surface area contributed by atoms with E-state index in [9.17, 15) is 13.2 Å². The molecule has 0 bridgehead atoms. The van der Waals surface area contributed by atoms with Gasteiger partial charge in [0.15, 0.2) is 9.84 Å². The summed E-state index contributed by atoms with van der Waals surface area (Å²) in [5.41, 5.74) is 0. The number of rotatable bonds is 4. The Hall–Kier alpha value is -0.580. The van der Waals surface area contributed by atoms with Gasteiger partial charge in [-0.2, -0.15) is 0 Å². The molecule has 0 aromatic heterocycles. The van der Waals surface area contributed by atoms with Gasteiger partial charge in [0.2, 0.25) is 5.91 Å². The van der Waals surface area contributed by atoms with Gasteiger partial charge in [0.25, 0.3) is 0 Å². The molecular weight excluding hydrogens is 226 g/mol. The van der Waals surface area contributed by atoms with Crippen LogP contribution in [0.25, 0.3) is 0 Å². The highest BCUT2D eigenvalue weighted by molar-refractivity contribution is 7.91. The van der Waals surface area contributed by atoms with Gasteiger partial charge in [-0.05, 0) is 19.3 Å². The van der Waals surface area contributed by atoms with E-state index in [1.165, 1.54) is 0 Å². The lowest BCUT2D eigenvalue weighted by atomic mass is 10.0. The zero-order chi connectivity index (χ0) is 12.2. The SMILES string of the molecule is CCCCN(C)C(=O)C1CCCS(=O)(=O)C1. The van der Waals surface area contributed by atoms with Crippen molar-refractivity contribution in [1.82, 2.24) is 4.90 Å². The molecular formula is C11H21NO3S. The van der Waals surface area contributed by atoms with Crippen molar-refractivity contribution in [1.29, 1.82) is 0 Å². The number of carbonyl (C=O) groups excluding carboxylic acids is 1. The van der Waals surface area contributed by atoms with Gasteiger partial charge in [-0.25, -0.2) is 8.42 Å². The van der Waals surface area contributed by atoms with Crippen LogP contribution in [0, 0.1) is 5.92 Å². The molecule has 94 valence electrons. The third kappa shape index (κ3) is 3.77. The molecule has 1 amide bonds. The first kappa shape index (κ1) is 13.5.